The van der Waals surface area contributed by atoms with Crippen molar-refractivity contribution in [2.45, 2.75) is 13.5 Å². The summed E-state index contributed by atoms with van der Waals surface area (Å²) in [5, 5.41) is 12.0. The first kappa shape index (κ1) is 12.7. The van der Waals surface area contributed by atoms with E-state index in [4.69, 9.17) is 10.8 Å². The molecule has 0 aromatic carbocycles. The lowest BCUT2D eigenvalue weighted by Crippen LogP contribution is -2.10. The molecule has 7 nitrogen and oxygen atoms in total. The molecule has 98 valence electrons. The van der Waals surface area contributed by atoms with Crippen LogP contribution in [0.25, 0.3) is 0 Å². The van der Waals surface area contributed by atoms with Gasteiger partial charge in [-0.1, -0.05) is 0 Å². The van der Waals surface area contributed by atoms with Crippen molar-refractivity contribution in [2.24, 2.45) is 0 Å². The first-order valence-electron chi connectivity index (χ1n) is 5.57. The second kappa shape index (κ2) is 5.30. The lowest BCUT2D eigenvalue weighted by Gasteiger charge is -2.08. The van der Waals surface area contributed by atoms with Gasteiger partial charge in [0.25, 0.3) is 0 Å². The maximum atomic E-state index is 11.1. The van der Waals surface area contributed by atoms with E-state index < -0.39 is 5.97 Å². The third-order valence-corrected chi connectivity index (χ3v) is 2.41. The van der Waals surface area contributed by atoms with E-state index in [-0.39, 0.29) is 11.4 Å². The van der Waals surface area contributed by atoms with Crippen LogP contribution in [0.15, 0.2) is 24.5 Å². The van der Waals surface area contributed by atoms with Crippen molar-refractivity contribution in [1.29, 1.82) is 0 Å². The first-order chi connectivity index (χ1) is 9.06. The van der Waals surface area contributed by atoms with Crippen LogP contribution in [0.3, 0.4) is 0 Å². The molecular weight excluding hydrogens is 246 g/mol. The minimum Gasteiger partial charge on any atom is -0.478 e. The molecule has 4 N–H and O–H groups in total. The number of nitrogens with one attached hydrogen (secondary N) is 1. The third kappa shape index (κ3) is 3.15. The van der Waals surface area contributed by atoms with E-state index in [0.29, 0.717) is 18.1 Å². The summed E-state index contributed by atoms with van der Waals surface area (Å²) in [7, 11) is 0. The van der Waals surface area contributed by atoms with Crippen LogP contribution in [0, 0.1) is 6.92 Å². The molecule has 0 fully saturated rings. The molecule has 2 rings (SSSR count). The number of aromatic carboxylic acids is 1. The molecule has 0 saturated heterocycles. The zero-order chi connectivity index (χ0) is 13.8. The molecule has 0 bridgehead atoms. The molecule has 0 amide bonds. The molecular formula is C12H13N5O2. The van der Waals surface area contributed by atoms with Crippen molar-refractivity contribution in [1.82, 2.24) is 15.0 Å². The molecule has 2 heterocycles. The first-order valence-corrected chi connectivity index (χ1v) is 5.57. The number of nitrogen functional groups attached to an aromatic ring is 1. The highest BCUT2D eigenvalue weighted by atomic mass is 16.4. The van der Waals surface area contributed by atoms with E-state index in [0.717, 1.165) is 5.69 Å². The van der Waals surface area contributed by atoms with Gasteiger partial charge in [0.2, 0.25) is 0 Å². The van der Waals surface area contributed by atoms with E-state index in [1.54, 1.807) is 19.2 Å². The van der Waals surface area contributed by atoms with Crippen molar-refractivity contribution < 1.29 is 9.90 Å². The molecule has 0 atom stereocenters. The second-order valence-electron chi connectivity index (χ2n) is 3.92. The van der Waals surface area contributed by atoms with Crippen LogP contribution in [0.4, 0.5) is 11.5 Å². The zero-order valence-electron chi connectivity index (χ0n) is 10.3. The monoisotopic (exact) mass is 259 g/mol. The Hall–Kier alpha value is -2.70. The summed E-state index contributed by atoms with van der Waals surface area (Å²) in [5.74, 6) is -0.165. The fourth-order valence-electron chi connectivity index (χ4n) is 1.56. The number of hydrogen-bond acceptors (Lipinski definition) is 6. The predicted octanol–water partition coefficient (Wildman–Crippen LogP) is 1.07. The number of pyridine rings is 1. The number of rotatable bonds is 4. The fourth-order valence-corrected chi connectivity index (χ4v) is 1.56. The smallest absolute Gasteiger partial charge is 0.339 e. The third-order valence-electron chi connectivity index (χ3n) is 2.41. The molecule has 7 heteroatoms. The number of nitrogens with two attached hydrogens (primary N) is 1. The predicted molar refractivity (Wildman–Crippen MR) is 69.7 cm³/mol. The lowest BCUT2D eigenvalue weighted by atomic mass is 10.2. The maximum absolute atomic E-state index is 11.1. The van der Waals surface area contributed by atoms with Gasteiger partial charge in [-0.15, -0.1) is 0 Å². The van der Waals surface area contributed by atoms with Gasteiger partial charge in [-0.2, -0.15) is 0 Å². The molecule has 0 radical (unpaired) electrons. The maximum Gasteiger partial charge on any atom is 0.339 e. The van der Waals surface area contributed by atoms with Crippen LogP contribution in [-0.4, -0.2) is 26.0 Å². The number of carbonyl (C=O) groups is 1. The molecule has 0 unspecified atom stereocenters. The van der Waals surface area contributed by atoms with Gasteiger partial charge >= 0.3 is 5.97 Å². The number of carboxylic acids is 1. The van der Waals surface area contributed by atoms with Gasteiger partial charge in [0.1, 0.15) is 17.2 Å². The van der Waals surface area contributed by atoms with Crippen molar-refractivity contribution in [3.05, 3.63) is 41.6 Å². The Morgan fingerprint density at radius 1 is 1.47 bits per heavy atom. The van der Waals surface area contributed by atoms with Crippen LogP contribution in [-0.2, 0) is 6.54 Å². The number of aromatic nitrogens is 3. The van der Waals surface area contributed by atoms with Gasteiger partial charge < -0.3 is 16.2 Å². The minimum absolute atomic E-state index is 0.0331. The van der Waals surface area contributed by atoms with Gasteiger partial charge in [-0.25, -0.2) is 19.7 Å². The largest absolute Gasteiger partial charge is 0.478 e. The number of carboxylic acid groups (broad SMARTS) is 1. The highest BCUT2D eigenvalue weighted by molar-refractivity contribution is 5.94. The van der Waals surface area contributed by atoms with Crippen molar-refractivity contribution >= 4 is 17.5 Å². The van der Waals surface area contributed by atoms with Gasteiger partial charge in [0, 0.05) is 6.20 Å². The van der Waals surface area contributed by atoms with E-state index >= 15 is 0 Å². The highest BCUT2D eigenvalue weighted by Crippen LogP contribution is 2.16. The lowest BCUT2D eigenvalue weighted by molar-refractivity contribution is 0.0697. The summed E-state index contributed by atoms with van der Waals surface area (Å²) in [5.41, 5.74) is 6.61. The van der Waals surface area contributed by atoms with Crippen LogP contribution in [0.5, 0.6) is 0 Å². The summed E-state index contributed by atoms with van der Waals surface area (Å²) >= 11 is 0. The minimum atomic E-state index is -1.08. The van der Waals surface area contributed by atoms with E-state index in [1.165, 1.54) is 12.3 Å². The molecule has 2 aromatic heterocycles. The Morgan fingerprint density at radius 3 is 2.95 bits per heavy atom. The second-order valence-corrected chi connectivity index (χ2v) is 3.92. The Balaban J connectivity index is 2.17. The topological polar surface area (TPSA) is 114 Å². The highest BCUT2D eigenvalue weighted by Gasteiger charge is 2.11. The van der Waals surface area contributed by atoms with Crippen LogP contribution in [0.1, 0.15) is 21.9 Å². The molecule has 0 saturated carbocycles. The van der Waals surface area contributed by atoms with Gasteiger partial charge in [-0.3, -0.25) is 0 Å². The Morgan fingerprint density at radius 2 is 2.26 bits per heavy atom. The van der Waals surface area contributed by atoms with Crippen molar-refractivity contribution in [3.63, 3.8) is 0 Å². The average molecular weight is 259 g/mol. The Labute approximate surface area is 109 Å². The molecule has 0 spiro atoms. The molecule has 0 aliphatic rings. The Bertz CT molecular complexity index is 615. The van der Waals surface area contributed by atoms with Gasteiger partial charge in [0.05, 0.1) is 24.1 Å². The number of nitrogens with zero attached hydrogens (tertiary/aromatic N) is 3. The van der Waals surface area contributed by atoms with E-state index in [1.807, 2.05) is 0 Å². The normalized spacial score (nSPS) is 10.2. The van der Waals surface area contributed by atoms with E-state index in [2.05, 4.69) is 20.3 Å². The standard InChI is InChI=1S/C12H13N5O2/c1-7-14-3-2-9(17-7)6-16-11-10(12(18)19)4-8(13)5-15-11/h2-5H,6,13H2,1H3,(H,15,16)(H,18,19). The van der Waals surface area contributed by atoms with E-state index in [9.17, 15) is 4.79 Å². The van der Waals surface area contributed by atoms with Crippen molar-refractivity contribution in [2.75, 3.05) is 11.1 Å². The SMILES string of the molecule is Cc1nccc(CNc2ncc(N)cc2C(=O)O)n1. The fraction of sp³-hybridized carbons (Fsp3) is 0.167. The quantitative estimate of drug-likeness (QED) is 0.752. The molecule has 19 heavy (non-hydrogen) atoms. The van der Waals surface area contributed by atoms with Gasteiger partial charge in [0.15, 0.2) is 0 Å². The number of anilines is 2. The zero-order valence-corrected chi connectivity index (χ0v) is 10.3. The van der Waals surface area contributed by atoms with Crippen LogP contribution in [0.2, 0.25) is 0 Å². The molecule has 0 aliphatic carbocycles. The summed E-state index contributed by atoms with van der Waals surface area (Å²) in [6, 6.07) is 3.11. The summed E-state index contributed by atoms with van der Waals surface area (Å²) < 4.78 is 0. The number of hydrogen-bond donors (Lipinski definition) is 3. The summed E-state index contributed by atoms with van der Waals surface area (Å²) in [6.45, 7) is 2.15. The van der Waals surface area contributed by atoms with Gasteiger partial charge in [-0.05, 0) is 19.1 Å². The van der Waals surface area contributed by atoms with Crippen molar-refractivity contribution in [3.8, 4) is 0 Å². The summed E-state index contributed by atoms with van der Waals surface area (Å²) in [6.07, 6.45) is 3.05. The molecule has 0 aliphatic heterocycles. The average Bonchev–Trinajstić information content (AvgIpc) is 2.37. The van der Waals surface area contributed by atoms with Crippen LogP contribution < -0.4 is 11.1 Å². The Kier molecular flexibility index (Phi) is 3.56. The molecule has 2 aromatic rings. The summed E-state index contributed by atoms with van der Waals surface area (Å²) in [4.78, 5) is 23.2. The number of aryl methyl sites for hydroxylation is 1. The van der Waals surface area contributed by atoms with Crippen LogP contribution >= 0.6 is 0 Å².